The van der Waals surface area contributed by atoms with Crippen LogP contribution in [0, 0.1) is 12.8 Å². The maximum atomic E-state index is 12.6. The summed E-state index contributed by atoms with van der Waals surface area (Å²) in [6.45, 7) is 8.00. The average molecular weight is 300 g/mol. The van der Waals surface area contributed by atoms with Crippen LogP contribution in [-0.4, -0.2) is 48.0 Å². The third-order valence-corrected chi connectivity index (χ3v) is 5.76. The van der Waals surface area contributed by atoms with Gasteiger partial charge in [-0.2, -0.15) is 4.31 Å². The highest BCUT2D eigenvalue weighted by Gasteiger charge is 2.34. The van der Waals surface area contributed by atoms with Gasteiger partial charge in [0.25, 0.3) is 10.0 Å². The molecule has 0 aromatic carbocycles. The van der Waals surface area contributed by atoms with Crippen LogP contribution in [0.4, 0.5) is 0 Å². The second-order valence-corrected chi connectivity index (χ2v) is 7.42. The van der Waals surface area contributed by atoms with Crippen molar-refractivity contribution in [3.05, 3.63) is 12.0 Å². The summed E-state index contributed by atoms with van der Waals surface area (Å²) in [7, 11) is -1.65. The lowest BCUT2D eigenvalue weighted by molar-refractivity contribution is 0.222. The van der Waals surface area contributed by atoms with Gasteiger partial charge >= 0.3 is 0 Å². The van der Waals surface area contributed by atoms with Crippen molar-refractivity contribution in [1.82, 2.24) is 19.2 Å². The number of sulfonamides is 1. The predicted molar refractivity (Wildman–Crippen MR) is 77.9 cm³/mol. The molecule has 1 fully saturated rings. The van der Waals surface area contributed by atoms with E-state index in [-0.39, 0.29) is 5.03 Å². The van der Waals surface area contributed by atoms with E-state index in [1.807, 2.05) is 0 Å². The van der Waals surface area contributed by atoms with Crippen LogP contribution in [0.15, 0.2) is 11.2 Å². The molecule has 1 aliphatic heterocycles. The molecule has 0 spiro atoms. The molecule has 0 bridgehead atoms. The minimum atomic E-state index is -3.46. The molecule has 0 saturated carbocycles. The number of aryl methyl sites for hydroxylation is 2. The molecule has 0 radical (unpaired) electrons. The van der Waals surface area contributed by atoms with Gasteiger partial charge in [-0.25, -0.2) is 13.4 Å². The number of hydrogen-bond donors (Lipinski definition) is 1. The predicted octanol–water partition coefficient (Wildman–Crippen LogP) is 0.737. The summed E-state index contributed by atoms with van der Waals surface area (Å²) in [5.41, 5.74) is 0. The lowest BCUT2D eigenvalue weighted by Gasteiger charge is -2.36. The Morgan fingerprint density at radius 1 is 1.50 bits per heavy atom. The molecule has 1 aromatic heterocycles. The molecule has 7 heteroatoms. The van der Waals surface area contributed by atoms with Crippen LogP contribution in [0.5, 0.6) is 0 Å². The fourth-order valence-corrected chi connectivity index (χ4v) is 4.25. The van der Waals surface area contributed by atoms with E-state index in [9.17, 15) is 8.42 Å². The van der Waals surface area contributed by atoms with Gasteiger partial charge in [0.2, 0.25) is 0 Å². The Labute approximate surface area is 121 Å². The van der Waals surface area contributed by atoms with Crippen molar-refractivity contribution in [2.45, 2.75) is 38.3 Å². The van der Waals surface area contributed by atoms with Gasteiger partial charge in [0.05, 0.1) is 0 Å². The first kappa shape index (κ1) is 15.5. The fraction of sp³-hybridized carbons (Fsp3) is 0.769. The summed E-state index contributed by atoms with van der Waals surface area (Å²) in [5, 5.41) is 3.58. The van der Waals surface area contributed by atoms with E-state index in [0.717, 1.165) is 13.0 Å². The van der Waals surface area contributed by atoms with Crippen LogP contribution in [-0.2, 0) is 17.1 Å². The molecule has 20 heavy (non-hydrogen) atoms. The zero-order valence-electron chi connectivity index (χ0n) is 12.6. The summed E-state index contributed by atoms with van der Waals surface area (Å²) in [4.78, 5) is 4.16. The lowest BCUT2D eigenvalue weighted by atomic mass is 9.95. The van der Waals surface area contributed by atoms with Crippen molar-refractivity contribution >= 4 is 10.0 Å². The van der Waals surface area contributed by atoms with Crippen LogP contribution in [0.25, 0.3) is 0 Å². The smallest absolute Gasteiger partial charge is 0.262 e. The molecule has 0 aliphatic carbocycles. The second-order valence-electron chi connectivity index (χ2n) is 5.53. The largest absolute Gasteiger partial charge is 0.337 e. The van der Waals surface area contributed by atoms with Crippen molar-refractivity contribution in [3.63, 3.8) is 0 Å². The topological polar surface area (TPSA) is 67.2 Å². The number of piperidine rings is 1. The van der Waals surface area contributed by atoms with E-state index >= 15 is 0 Å². The first-order valence-electron chi connectivity index (χ1n) is 7.09. The van der Waals surface area contributed by atoms with Crippen LogP contribution >= 0.6 is 0 Å². The van der Waals surface area contributed by atoms with Crippen LogP contribution < -0.4 is 5.32 Å². The van der Waals surface area contributed by atoms with Crippen molar-refractivity contribution in [3.8, 4) is 0 Å². The van der Waals surface area contributed by atoms with Gasteiger partial charge in [0, 0.05) is 32.4 Å². The third kappa shape index (κ3) is 2.89. The van der Waals surface area contributed by atoms with E-state index in [2.05, 4.69) is 24.1 Å². The van der Waals surface area contributed by atoms with E-state index in [1.54, 1.807) is 29.0 Å². The summed E-state index contributed by atoms with van der Waals surface area (Å²) in [6.07, 6.45) is 2.44. The quantitative estimate of drug-likeness (QED) is 0.890. The Morgan fingerprint density at radius 3 is 2.70 bits per heavy atom. The number of aromatic nitrogens is 2. The normalized spacial score (nSPS) is 25.0. The Morgan fingerprint density at radius 2 is 2.20 bits per heavy atom. The summed E-state index contributed by atoms with van der Waals surface area (Å²) < 4.78 is 28.5. The Kier molecular flexibility index (Phi) is 4.51. The van der Waals surface area contributed by atoms with Crippen molar-refractivity contribution in [2.24, 2.45) is 13.0 Å². The standard InChI is InChI=1S/C13H24N4O2S/c1-5-14-12-6-7-17(8-10(12)2)20(18,19)13-9-16(4)11(3)15-13/h9-10,12,14H,5-8H2,1-4H3. The molecule has 2 unspecified atom stereocenters. The molecule has 2 rings (SSSR count). The van der Waals surface area contributed by atoms with Gasteiger partial charge in [-0.15, -0.1) is 0 Å². The number of nitrogens with zero attached hydrogens (tertiary/aromatic N) is 3. The number of nitrogens with one attached hydrogen (secondary N) is 1. The molecule has 1 saturated heterocycles. The summed E-state index contributed by atoms with van der Waals surface area (Å²) in [5.74, 6) is 1.02. The Hall–Kier alpha value is -0.920. The fourth-order valence-electron chi connectivity index (χ4n) is 2.67. The molecule has 114 valence electrons. The Balaban J connectivity index is 2.16. The molecule has 0 amide bonds. The first-order chi connectivity index (χ1) is 9.36. The van der Waals surface area contributed by atoms with Crippen molar-refractivity contribution in [1.29, 1.82) is 0 Å². The molecule has 1 N–H and O–H groups in total. The number of imidazole rings is 1. The van der Waals surface area contributed by atoms with Crippen LogP contribution in [0.2, 0.25) is 0 Å². The molecule has 1 aromatic rings. The highest BCUT2D eigenvalue weighted by molar-refractivity contribution is 7.89. The van der Waals surface area contributed by atoms with Crippen LogP contribution in [0.3, 0.4) is 0 Å². The lowest BCUT2D eigenvalue weighted by Crippen LogP contribution is -2.50. The zero-order valence-corrected chi connectivity index (χ0v) is 13.4. The minimum absolute atomic E-state index is 0.159. The van der Waals surface area contributed by atoms with Gasteiger partial charge in [0.15, 0.2) is 5.03 Å². The molecule has 1 aliphatic rings. The van der Waals surface area contributed by atoms with Crippen molar-refractivity contribution in [2.75, 3.05) is 19.6 Å². The van der Waals surface area contributed by atoms with Gasteiger partial charge < -0.3 is 9.88 Å². The van der Waals surface area contributed by atoms with Crippen LogP contribution in [0.1, 0.15) is 26.1 Å². The summed E-state index contributed by atoms with van der Waals surface area (Å²) in [6, 6.07) is 0.400. The molecule has 6 nitrogen and oxygen atoms in total. The van der Waals surface area contributed by atoms with E-state index in [0.29, 0.717) is 30.9 Å². The molecule has 2 atom stereocenters. The Bertz CT molecular complexity index is 547. The maximum absolute atomic E-state index is 12.6. The van der Waals surface area contributed by atoms with Gasteiger partial charge in [-0.3, -0.25) is 0 Å². The maximum Gasteiger partial charge on any atom is 0.262 e. The number of rotatable bonds is 4. The third-order valence-electron chi connectivity index (χ3n) is 4.03. The van der Waals surface area contributed by atoms with E-state index in [4.69, 9.17) is 0 Å². The number of hydrogen-bond acceptors (Lipinski definition) is 4. The first-order valence-corrected chi connectivity index (χ1v) is 8.53. The molecule has 2 heterocycles. The van der Waals surface area contributed by atoms with Gasteiger partial charge in [0.1, 0.15) is 5.82 Å². The second kappa shape index (κ2) is 5.83. The minimum Gasteiger partial charge on any atom is -0.337 e. The van der Waals surface area contributed by atoms with Gasteiger partial charge in [-0.1, -0.05) is 13.8 Å². The monoisotopic (exact) mass is 300 g/mol. The van der Waals surface area contributed by atoms with E-state index in [1.165, 1.54) is 0 Å². The van der Waals surface area contributed by atoms with Crippen molar-refractivity contribution < 1.29 is 8.42 Å². The summed E-state index contributed by atoms with van der Waals surface area (Å²) >= 11 is 0. The van der Waals surface area contributed by atoms with E-state index < -0.39 is 10.0 Å². The highest BCUT2D eigenvalue weighted by Crippen LogP contribution is 2.23. The molecular weight excluding hydrogens is 276 g/mol. The van der Waals surface area contributed by atoms with Gasteiger partial charge in [-0.05, 0) is 25.8 Å². The highest BCUT2D eigenvalue weighted by atomic mass is 32.2. The average Bonchev–Trinajstić information content (AvgIpc) is 2.73. The molecular formula is C13H24N4O2S. The zero-order chi connectivity index (χ0) is 14.9. The SMILES string of the molecule is CCNC1CCN(S(=O)(=O)c2cn(C)c(C)n2)CC1C.